The number of hydrogen-bond acceptors (Lipinski definition) is 3. The maximum atomic E-state index is 11.2. The van der Waals surface area contributed by atoms with E-state index in [9.17, 15) is 9.90 Å². The molecule has 0 aromatic heterocycles. The van der Waals surface area contributed by atoms with Crippen LogP contribution in [0.3, 0.4) is 0 Å². The minimum Gasteiger partial charge on any atom is -0.479 e. The van der Waals surface area contributed by atoms with Gasteiger partial charge in [0.2, 0.25) is 0 Å². The van der Waals surface area contributed by atoms with E-state index in [1.54, 1.807) is 0 Å². The van der Waals surface area contributed by atoms with Gasteiger partial charge in [0.25, 0.3) is 0 Å². The third kappa shape index (κ3) is 3.47. The monoisotopic (exact) mass is 216 g/mol. The molecule has 0 atom stereocenters. The fourth-order valence-electron chi connectivity index (χ4n) is 1.61. The van der Waals surface area contributed by atoms with E-state index in [2.05, 4.69) is 13.8 Å². The number of aliphatic carboxylic acids is 1. The smallest absolute Gasteiger partial charge is 0.336 e. The summed E-state index contributed by atoms with van der Waals surface area (Å²) < 4.78 is 10.7. The topological polar surface area (TPSA) is 55.8 Å². The van der Waals surface area contributed by atoms with Crippen LogP contribution in [0.25, 0.3) is 0 Å². The van der Waals surface area contributed by atoms with Crippen molar-refractivity contribution in [2.75, 3.05) is 19.8 Å². The van der Waals surface area contributed by atoms with Gasteiger partial charge in [-0.1, -0.05) is 13.8 Å². The van der Waals surface area contributed by atoms with Gasteiger partial charge in [-0.05, 0) is 12.3 Å². The number of hydrogen-bond donors (Lipinski definition) is 1. The van der Waals surface area contributed by atoms with Crippen molar-refractivity contribution < 1.29 is 19.4 Å². The number of carboxylic acids is 1. The number of carboxylic acid groups (broad SMARTS) is 1. The van der Waals surface area contributed by atoms with Crippen molar-refractivity contribution in [1.29, 1.82) is 0 Å². The first-order chi connectivity index (χ1) is 7.07. The van der Waals surface area contributed by atoms with Crippen molar-refractivity contribution >= 4 is 5.97 Å². The zero-order chi connectivity index (χ0) is 11.3. The summed E-state index contributed by atoms with van der Waals surface area (Å²) in [4.78, 5) is 11.2. The maximum absolute atomic E-state index is 11.2. The Labute approximate surface area is 90.6 Å². The van der Waals surface area contributed by atoms with Gasteiger partial charge < -0.3 is 14.6 Å². The Balaban J connectivity index is 2.46. The molecule has 1 aliphatic rings. The van der Waals surface area contributed by atoms with Crippen LogP contribution in [0.2, 0.25) is 0 Å². The summed E-state index contributed by atoms with van der Waals surface area (Å²) in [5, 5.41) is 9.17. The fraction of sp³-hybridized carbons (Fsp3) is 0.909. The Morgan fingerprint density at radius 2 is 2.07 bits per heavy atom. The van der Waals surface area contributed by atoms with Gasteiger partial charge in [0, 0.05) is 32.7 Å². The van der Waals surface area contributed by atoms with E-state index in [-0.39, 0.29) is 0 Å². The number of carbonyl (C=O) groups is 1. The van der Waals surface area contributed by atoms with Crippen molar-refractivity contribution in [3.8, 4) is 0 Å². The molecule has 1 fully saturated rings. The van der Waals surface area contributed by atoms with E-state index >= 15 is 0 Å². The van der Waals surface area contributed by atoms with Crippen LogP contribution in [0.15, 0.2) is 0 Å². The first-order valence-corrected chi connectivity index (χ1v) is 5.52. The van der Waals surface area contributed by atoms with Gasteiger partial charge in [-0.3, -0.25) is 0 Å². The molecule has 0 saturated carbocycles. The Hall–Kier alpha value is -0.610. The summed E-state index contributed by atoms with van der Waals surface area (Å²) in [6, 6.07) is 0. The summed E-state index contributed by atoms with van der Waals surface area (Å²) in [6.45, 7) is 5.67. The van der Waals surface area contributed by atoms with Crippen LogP contribution in [-0.4, -0.2) is 36.5 Å². The van der Waals surface area contributed by atoms with E-state index in [0.717, 1.165) is 6.42 Å². The molecule has 1 heterocycles. The first kappa shape index (κ1) is 12.5. The second-order valence-corrected chi connectivity index (χ2v) is 4.44. The maximum Gasteiger partial charge on any atom is 0.336 e. The van der Waals surface area contributed by atoms with Crippen molar-refractivity contribution in [2.45, 2.75) is 38.7 Å². The molecule has 0 aliphatic carbocycles. The largest absolute Gasteiger partial charge is 0.479 e. The van der Waals surface area contributed by atoms with Crippen LogP contribution in [0, 0.1) is 5.92 Å². The van der Waals surface area contributed by atoms with Crippen LogP contribution in [0.4, 0.5) is 0 Å². The average Bonchev–Trinajstić information content (AvgIpc) is 2.18. The Kier molecular flexibility index (Phi) is 4.54. The van der Waals surface area contributed by atoms with Gasteiger partial charge in [-0.15, -0.1) is 0 Å². The van der Waals surface area contributed by atoms with Gasteiger partial charge in [0.05, 0.1) is 0 Å². The first-order valence-electron chi connectivity index (χ1n) is 5.52. The summed E-state index contributed by atoms with van der Waals surface area (Å²) in [5.41, 5.74) is -0.993. The predicted octanol–water partition coefficient (Wildman–Crippen LogP) is 1.68. The summed E-state index contributed by atoms with van der Waals surface area (Å²) in [7, 11) is 0. The Morgan fingerprint density at radius 1 is 1.47 bits per heavy atom. The number of rotatable bonds is 5. The molecule has 4 heteroatoms. The van der Waals surface area contributed by atoms with E-state index in [1.165, 1.54) is 0 Å². The summed E-state index contributed by atoms with van der Waals surface area (Å²) >= 11 is 0. The molecule has 1 N–H and O–H groups in total. The summed E-state index contributed by atoms with van der Waals surface area (Å²) in [6.07, 6.45) is 1.82. The van der Waals surface area contributed by atoms with Crippen molar-refractivity contribution in [2.24, 2.45) is 5.92 Å². The lowest BCUT2D eigenvalue weighted by atomic mass is 9.94. The van der Waals surface area contributed by atoms with Gasteiger partial charge in [0.1, 0.15) is 0 Å². The van der Waals surface area contributed by atoms with Crippen molar-refractivity contribution in [1.82, 2.24) is 0 Å². The SMILES string of the molecule is CC(C)CCOC1(C(=O)O)CCOCC1. The van der Waals surface area contributed by atoms with Crippen LogP contribution < -0.4 is 0 Å². The average molecular weight is 216 g/mol. The van der Waals surface area contributed by atoms with E-state index < -0.39 is 11.6 Å². The van der Waals surface area contributed by atoms with E-state index in [1.807, 2.05) is 0 Å². The van der Waals surface area contributed by atoms with Crippen LogP contribution in [-0.2, 0) is 14.3 Å². The normalized spacial score (nSPS) is 20.5. The molecule has 0 unspecified atom stereocenters. The lowest BCUT2D eigenvalue weighted by Crippen LogP contribution is -2.46. The molecule has 1 saturated heterocycles. The second-order valence-electron chi connectivity index (χ2n) is 4.44. The molecule has 0 radical (unpaired) electrons. The number of ether oxygens (including phenoxy) is 2. The molecular weight excluding hydrogens is 196 g/mol. The highest BCUT2D eigenvalue weighted by molar-refractivity contribution is 5.77. The molecule has 1 rings (SSSR count). The van der Waals surface area contributed by atoms with E-state index in [0.29, 0.717) is 38.6 Å². The third-order valence-electron chi connectivity index (χ3n) is 2.76. The molecule has 0 bridgehead atoms. The fourth-order valence-corrected chi connectivity index (χ4v) is 1.61. The molecule has 1 aliphatic heterocycles. The van der Waals surface area contributed by atoms with Crippen LogP contribution >= 0.6 is 0 Å². The highest BCUT2D eigenvalue weighted by atomic mass is 16.5. The van der Waals surface area contributed by atoms with Crippen LogP contribution in [0.1, 0.15) is 33.1 Å². The highest BCUT2D eigenvalue weighted by Crippen LogP contribution is 2.26. The standard InChI is InChI=1S/C11H20O4/c1-9(2)3-6-15-11(10(12)13)4-7-14-8-5-11/h9H,3-8H2,1-2H3,(H,12,13). The zero-order valence-electron chi connectivity index (χ0n) is 9.49. The van der Waals surface area contributed by atoms with Gasteiger partial charge in [0.15, 0.2) is 5.60 Å². The third-order valence-corrected chi connectivity index (χ3v) is 2.76. The predicted molar refractivity (Wildman–Crippen MR) is 55.8 cm³/mol. The highest BCUT2D eigenvalue weighted by Gasteiger charge is 2.41. The molecule has 4 nitrogen and oxygen atoms in total. The van der Waals surface area contributed by atoms with Crippen molar-refractivity contribution in [3.05, 3.63) is 0 Å². The lowest BCUT2D eigenvalue weighted by Gasteiger charge is -2.33. The van der Waals surface area contributed by atoms with Gasteiger partial charge in [-0.25, -0.2) is 4.79 Å². The Morgan fingerprint density at radius 3 is 2.53 bits per heavy atom. The minimum absolute atomic E-state index is 0.459. The van der Waals surface area contributed by atoms with Gasteiger partial charge >= 0.3 is 5.97 Å². The molecular formula is C11H20O4. The van der Waals surface area contributed by atoms with Crippen LogP contribution in [0.5, 0.6) is 0 Å². The lowest BCUT2D eigenvalue weighted by molar-refractivity contribution is -0.179. The Bertz CT molecular complexity index is 207. The molecule has 0 spiro atoms. The van der Waals surface area contributed by atoms with Gasteiger partial charge in [-0.2, -0.15) is 0 Å². The quantitative estimate of drug-likeness (QED) is 0.759. The minimum atomic E-state index is -0.993. The van der Waals surface area contributed by atoms with E-state index in [4.69, 9.17) is 9.47 Å². The zero-order valence-corrected chi connectivity index (χ0v) is 9.49. The second kappa shape index (κ2) is 5.47. The van der Waals surface area contributed by atoms with Crippen molar-refractivity contribution in [3.63, 3.8) is 0 Å². The summed E-state index contributed by atoms with van der Waals surface area (Å²) in [5.74, 6) is -0.315. The molecule has 0 aromatic carbocycles. The molecule has 15 heavy (non-hydrogen) atoms. The molecule has 0 amide bonds. The molecule has 88 valence electrons. The molecule has 0 aromatic rings.